The van der Waals surface area contributed by atoms with E-state index in [9.17, 15) is 4.79 Å². The third-order valence-corrected chi connectivity index (χ3v) is 4.44. The number of methoxy groups -OCH3 is 1. The van der Waals surface area contributed by atoms with Crippen molar-refractivity contribution in [2.75, 3.05) is 50.6 Å². The third kappa shape index (κ3) is 3.86. The summed E-state index contributed by atoms with van der Waals surface area (Å²) in [5, 5.41) is 2.93. The van der Waals surface area contributed by atoms with E-state index >= 15 is 0 Å². The molecule has 0 radical (unpaired) electrons. The summed E-state index contributed by atoms with van der Waals surface area (Å²) in [4.78, 5) is 16.3. The second-order valence-corrected chi connectivity index (χ2v) is 6.18. The number of nitrogens with one attached hydrogen (secondary N) is 2. The van der Waals surface area contributed by atoms with E-state index in [0.717, 1.165) is 31.9 Å². The zero-order chi connectivity index (χ0) is 16.9. The van der Waals surface area contributed by atoms with Crippen molar-refractivity contribution in [1.82, 2.24) is 0 Å². The smallest absolute Gasteiger partial charge is 0.255 e. The van der Waals surface area contributed by atoms with Crippen molar-refractivity contribution < 1.29 is 14.4 Å². The lowest BCUT2D eigenvalue weighted by molar-refractivity contribution is -0.880. The van der Waals surface area contributed by atoms with E-state index in [4.69, 9.17) is 4.74 Å². The zero-order valence-corrected chi connectivity index (χ0v) is 14.2. The van der Waals surface area contributed by atoms with Crippen molar-refractivity contribution in [3.05, 3.63) is 54.1 Å². The highest BCUT2D eigenvalue weighted by Gasteiger charge is 2.16. The molecule has 5 nitrogen and oxygen atoms in total. The Labute approximate surface area is 142 Å². The highest BCUT2D eigenvalue weighted by atomic mass is 16.5. The lowest BCUT2D eigenvalue weighted by atomic mass is 10.2. The molecule has 5 heteroatoms. The van der Waals surface area contributed by atoms with E-state index in [0.29, 0.717) is 11.3 Å². The minimum absolute atomic E-state index is 0.134. The summed E-state index contributed by atoms with van der Waals surface area (Å²) < 4.78 is 5.16. The Bertz CT molecular complexity index is 692. The van der Waals surface area contributed by atoms with E-state index in [1.54, 1.807) is 24.1 Å². The van der Waals surface area contributed by atoms with Gasteiger partial charge in [-0.15, -0.1) is 0 Å². The Morgan fingerprint density at radius 2 is 1.83 bits per heavy atom. The van der Waals surface area contributed by atoms with E-state index in [-0.39, 0.29) is 5.91 Å². The quantitative estimate of drug-likeness (QED) is 0.890. The van der Waals surface area contributed by atoms with E-state index in [1.165, 1.54) is 5.69 Å². The first kappa shape index (κ1) is 16.3. The maximum Gasteiger partial charge on any atom is 0.255 e. The van der Waals surface area contributed by atoms with Gasteiger partial charge >= 0.3 is 0 Å². The highest BCUT2D eigenvalue weighted by molar-refractivity contribution is 6.04. The molecule has 1 fully saturated rings. The van der Waals surface area contributed by atoms with Crippen LogP contribution in [0.15, 0.2) is 48.5 Å². The average Bonchev–Trinajstić information content (AvgIpc) is 2.63. The normalized spacial score (nSPS) is 15.2. The number of anilines is 2. The molecule has 2 N–H and O–H groups in total. The Morgan fingerprint density at radius 3 is 2.50 bits per heavy atom. The first-order valence-corrected chi connectivity index (χ1v) is 8.27. The van der Waals surface area contributed by atoms with Gasteiger partial charge in [-0.05, 0) is 42.5 Å². The number of carbonyl (C=O) groups excluding carboxylic acids is 1. The summed E-state index contributed by atoms with van der Waals surface area (Å²) in [7, 11) is 3.82. The molecule has 0 saturated carbocycles. The largest absolute Gasteiger partial charge is 0.497 e. The van der Waals surface area contributed by atoms with E-state index < -0.39 is 0 Å². The number of piperazine rings is 1. The second kappa shape index (κ2) is 7.36. The Balaban J connectivity index is 1.64. The van der Waals surface area contributed by atoms with Crippen LogP contribution in [0, 0.1) is 0 Å². The molecule has 3 rings (SSSR count). The van der Waals surface area contributed by atoms with E-state index in [2.05, 4.69) is 29.4 Å². The Kier molecular flexibility index (Phi) is 5.01. The average molecular weight is 326 g/mol. The van der Waals surface area contributed by atoms with Gasteiger partial charge in [0.25, 0.3) is 5.91 Å². The maximum absolute atomic E-state index is 12.3. The molecular formula is C19H24N3O2+. The fraction of sp³-hybridized carbons (Fsp3) is 0.316. The number of rotatable bonds is 4. The Morgan fingerprint density at radius 1 is 1.12 bits per heavy atom. The summed E-state index contributed by atoms with van der Waals surface area (Å²) >= 11 is 0. The van der Waals surface area contributed by atoms with Crippen molar-refractivity contribution in [2.24, 2.45) is 0 Å². The SMILES string of the molecule is COc1cccc(C(=O)Nc2ccc(N3CC[NH+](C)CC3)cc2)c1. The van der Waals surface area contributed by atoms with Crippen molar-refractivity contribution in [3.63, 3.8) is 0 Å². The lowest BCUT2D eigenvalue weighted by Gasteiger charge is -2.31. The monoisotopic (exact) mass is 326 g/mol. The fourth-order valence-electron chi connectivity index (χ4n) is 2.87. The molecule has 0 bridgehead atoms. The molecule has 126 valence electrons. The molecule has 0 aromatic heterocycles. The van der Waals surface area contributed by atoms with Crippen LogP contribution in [-0.4, -0.2) is 46.2 Å². The summed E-state index contributed by atoms with van der Waals surface area (Å²) in [6.45, 7) is 4.46. The molecule has 0 aliphatic carbocycles. The minimum Gasteiger partial charge on any atom is -0.497 e. The molecule has 1 aliphatic rings. The number of hydrogen-bond donors (Lipinski definition) is 2. The summed E-state index contributed by atoms with van der Waals surface area (Å²) in [6, 6.07) is 15.2. The molecule has 0 atom stereocenters. The third-order valence-electron chi connectivity index (χ3n) is 4.44. The van der Waals surface area contributed by atoms with Crippen LogP contribution in [0.25, 0.3) is 0 Å². The maximum atomic E-state index is 12.3. The summed E-state index contributed by atoms with van der Waals surface area (Å²) in [5.41, 5.74) is 2.59. The van der Waals surface area contributed by atoms with Gasteiger partial charge in [0, 0.05) is 16.9 Å². The van der Waals surface area contributed by atoms with Crippen molar-refractivity contribution in [1.29, 1.82) is 0 Å². The lowest BCUT2D eigenvalue weighted by Crippen LogP contribution is -3.12. The molecule has 1 amide bonds. The number of quaternary nitrogens is 1. The second-order valence-electron chi connectivity index (χ2n) is 6.18. The van der Waals surface area contributed by atoms with Gasteiger partial charge in [-0.1, -0.05) is 6.07 Å². The van der Waals surface area contributed by atoms with E-state index in [1.807, 2.05) is 24.3 Å². The minimum atomic E-state index is -0.134. The van der Waals surface area contributed by atoms with Crippen LogP contribution in [0.3, 0.4) is 0 Å². The molecule has 2 aromatic carbocycles. The number of hydrogen-bond acceptors (Lipinski definition) is 3. The van der Waals surface area contributed by atoms with Crippen LogP contribution in [0.4, 0.5) is 11.4 Å². The van der Waals surface area contributed by atoms with Gasteiger partial charge in [-0.25, -0.2) is 0 Å². The first-order chi connectivity index (χ1) is 11.7. The number of nitrogens with zero attached hydrogens (tertiary/aromatic N) is 1. The van der Waals surface area contributed by atoms with Gasteiger partial charge in [0.2, 0.25) is 0 Å². The number of amides is 1. The molecule has 1 saturated heterocycles. The molecular weight excluding hydrogens is 302 g/mol. The van der Waals surface area contributed by atoms with Crippen LogP contribution in [0.2, 0.25) is 0 Å². The van der Waals surface area contributed by atoms with Gasteiger partial charge < -0.3 is 19.9 Å². The van der Waals surface area contributed by atoms with Crippen molar-refractivity contribution >= 4 is 17.3 Å². The van der Waals surface area contributed by atoms with Crippen LogP contribution in [0.1, 0.15) is 10.4 Å². The number of likely N-dealkylation sites (N-methyl/N-ethyl adjacent to an activating group) is 1. The van der Waals surface area contributed by atoms with Gasteiger partial charge in [0.05, 0.1) is 40.3 Å². The summed E-state index contributed by atoms with van der Waals surface area (Å²) in [6.07, 6.45) is 0. The van der Waals surface area contributed by atoms with Crippen LogP contribution >= 0.6 is 0 Å². The van der Waals surface area contributed by atoms with Crippen LogP contribution in [0.5, 0.6) is 5.75 Å². The van der Waals surface area contributed by atoms with Gasteiger partial charge in [0.15, 0.2) is 0 Å². The predicted octanol–water partition coefficient (Wildman–Crippen LogP) is 1.28. The standard InChI is InChI=1S/C19H23N3O2/c1-21-10-12-22(13-11-21)17-8-6-16(7-9-17)20-19(23)15-4-3-5-18(14-15)24-2/h3-9,14H,10-13H2,1-2H3,(H,20,23)/p+1. The molecule has 2 aromatic rings. The zero-order valence-electron chi connectivity index (χ0n) is 14.2. The molecule has 0 unspecified atom stereocenters. The highest BCUT2D eigenvalue weighted by Crippen LogP contribution is 2.19. The van der Waals surface area contributed by atoms with Crippen molar-refractivity contribution in [3.8, 4) is 5.75 Å². The van der Waals surface area contributed by atoms with Gasteiger partial charge in [-0.3, -0.25) is 4.79 Å². The number of benzene rings is 2. The van der Waals surface area contributed by atoms with Crippen LogP contribution in [-0.2, 0) is 0 Å². The van der Waals surface area contributed by atoms with Crippen LogP contribution < -0.4 is 19.9 Å². The molecule has 1 heterocycles. The summed E-state index contributed by atoms with van der Waals surface area (Å²) in [5.74, 6) is 0.542. The van der Waals surface area contributed by atoms with Gasteiger partial charge in [-0.2, -0.15) is 0 Å². The topological polar surface area (TPSA) is 46.0 Å². The molecule has 24 heavy (non-hydrogen) atoms. The Hall–Kier alpha value is -2.53. The van der Waals surface area contributed by atoms with Gasteiger partial charge in [0.1, 0.15) is 5.75 Å². The number of carbonyl (C=O) groups is 1. The fourth-order valence-corrected chi connectivity index (χ4v) is 2.87. The first-order valence-electron chi connectivity index (χ1n) is 8.27. The van der Waals surface area contributed by atoms with Crippen molar-refractivity contribution in [2.45, 2.75) is 0 Å². The molecule has 1 aliphatic heterocycles. The molecule has 0 spiro atoms. The number of ether oxygens (including phenoxy) is 1. The predicted molar refractivity (Wildman–Crippen MR) is 96.2 cm³/mol.